The average Bonchev–Trinajstić information content (AvgIpc) is 2.88. The highest BCUT2D eigenvalue weighted by molar-refractivity contribution is 5.96. The van der Waals surface area contributed by atoms with Gasteiger partial charge in [-0.05, 0) is 26.0 Å². The fraction of sp³-hybridized carbons (Fsp3) is 0.474. The maximum absolute atomic E-state index is 12.8. The van der Waals surface area contributed by atoms with Crippen LogP contribution >= 0.6 is 0 Å². The minimum absolute atomic E-state index is 0.100. The third-order valence-corrected chi connectivity index (χ3v) is 4.80. The predicted molar refractivity (Wildman–Crippen MR) is 97.0 cm³/mol. The van der Waals surface area contributed by atoms with Crippen molar-refractivity contribution in [1.82, 2.24) is 19.6 Å². The van der Waals surface area contributed by atoms with Gasteiger partial charge < -0.3 is 9.64 Å². The van der Waals surface area contributed by atoms with E-state index in [4.69, 9.17) is 4.74 Å². The lowest BCUT2D eigenvalue weighted by atomic mass is 10.1. The van der Waals surface area contributed by atoms with Crippen LogP contribution in [-0.2, 0) is 7.05 Å². The maximum Gasteiger partial charge on any atom is 0.257 e. The topological polar surface area (TPSA) is 50.6 Å². The molecular formula is C19H26N4O2. The van der Waals surface area contributed by atoms with Gasteiger partial charge >= 0.3 is 0 Å². The molecule has 0 aliphatic carbocycles. The number of hydrogen-bond acceptors (Lipinski definition) is 4. The van der Waals surface area contributed by atoms with Crippen molar-refractivity contribution in [3.63, 3.8) is 0 Å². The van der Waals surface area contributed by atoms with Gasteiger partial charge in [-0.25, -0.2) is 0 Å². The van der Waals surface area contributed by atoms with Crippen LogP contribution in [0.3, 0.4) is 0 Å². The number of nitrogens with zero attached hydrogens (tertiary/aromatic N) is 4. The number of hydrogen-bond donors (Lipinski definition) is 0. The molecule has 0 spiro atoms. The number of piperazine rings is 1. The smallest absolute Gasteiger partial charge is 0.257 e. The molecule has 0 saturated carbocycles. The van der Waals surface area contributed by atoms with Gasteiger partial charge in [-0.2, -0.15) is 5.10 Å². The first kappa shape index (κ1) is 17.5. The SMILES string of the molecule is Cc1nn(C)c(C)c1C(=O)N1CCN(CCOc2ccccc2)CC1. The number of benzene rings is 1. The summed E-state index contributed by atoms with van der Waals surface area (Å²) >= 11 is 0. The number of amides is 1. The van der Waals surface area contributed by atoms with E-state index in [1.165, 1.54) is 0 Å². The number of aromatic nitrogens is 2. The van der Waals surface area contributed by atoms with Crippen LogP contribution in [0.25, 0.3) is 0 Å². The molecule has 0 bridgehead atoms. The normalized spacial score (nSPS) is 15.4. The number of ether oxygens (including phenoxy) is 1. The molecule has 1 saturated heterocycles. The van der Waals surface area contributed by atoms with Crippen molar-refractivity contribution in [2.75, 3.05) is 39.3 Å². The van der Waals surface area contributed by atoms with Gasteiger partial charge in [0.2, 0.25) is 0 Å². The van der Waals surface area contributed by atoms with Gasteiger partial charge in [-0.1, -0.05) is 18.2 Å². The van der Waals surface area contributed by atoms with Gasteiger partial charge in [0, 0.05) is 45.5 Å². The second-order valence-electron chi connectivity index (χ2n) is 6.46. The molecule has 1 aliphatic rings. The molecule has 25 heavy (non-hydrogen) atoms. The molecule has 3 rings (SSSR count). The molecule has 1 amide bonds. The number of para-hydroxylation sites is 1. The van der Waals surface area contributed by atoms with Crippen LogP contribution in [0.2, 0.25) is 0 Å². The predicted octanol–water partition coefficient (Wildman–Crippen LogP) is 1.87. The third-order valence-electron chi connectivity index (χ3n) is 4.80. The lowest BCUT2D eigenvalue weighted by Crippen LogP contribution is -2.49. The van der Waals surface area contributed by atoms with Crippen LogP contribution in [0.1, 0.15) is 21.7 Å². The number of carbonyl (C=O) groups excluding carboxylic acids is 1. The zero-order valence-corrected chi connectivity index (χ0v) is 15.2. The molecule has 134 valence electrons. The summed E-state index contributed by atoms with van der Waals surface area (Å²) in [5.41, 5.74) is 2.49. The highest BCUT2D eigenvalue weighted by atomic mass is 16.5. The van der Waals surface area contributed by atoms with E-state index in [0.29, 0.717) is 6.61 Å². The summed E-state index contributed by atoms with van der Waals surface area (Å²) in [5.74, 6) is 1.00. The lowest BCUT2D eigenvalue weighted by Gasteiger charge is -2.34. The minimum Gasteiger partial charge on any atom is -0.492 e. The van der Waals surface area contributed by atoms with Gasteiger partial charge in [0.05, 0.1) is 11.3 Å². The quantitative estimate of drug-likeness (QED) is 0.832. The summed E-state index contributed by atoms with van der Waals surface area (Å²) < 4.78 is 7.53. The van der Waals surface area contributed by atoms with Gasteiger partial charge in [0.15, 0.2) is 0 Å². The summed E-state index contributed by atoms with van der Waals surface area (Å²) in [7, 11) is 1.88. The van der Waals surface area contributed by atoms with Gasteiger partial charge in [-0.15, -0.1) is 0 Å². The van der Waals surface area contributed by atoms with Crippen LogP contribution in [0, 0.1) is 13.8 Å². The van der Waals surface area contributed by atoms with Crippen molar-refractivity contribution in [1.29, 1.82) is 0 Å². The molecule has 1 aromatic heterocycles. The van der Waals surface area contributed by atoms with Crippen molar-refractivity contribution in [3.8, 4) is 5.75 Å². The Balaban J connectivity index is 1.47. The molecule has 0 unspecified atom stereocenters. The molecule has 6 nitrogen and oxygen atoms in total. The largest absolute Gasteiger partial charge is 0.492 e. The first-order chi connectivity index (χ1) is 12.1. The summed E-state index contributed by atoms with van der Waals surface area (Å²) in [6.07, 6.45) is 0. The Hall–Kier alpha value is -2.34. The number of aryl methyl sites for hydroxylation is 2. The molecule has 0 N–H and O–H groups in total. The van der Waals surface area contributed by atoms with Crippen molar-refractivity contribution in [2.45, 2.75) is 13.8 Å². The van der Waals surface area contributed by atoms with Crippen molar-refractivity contribution in [3.05, 3.63) is 47.3 Å². The van der Waals surface area contributed by atoms with E-state index in [-0.39, 0.29) is 5.91 Å². The molecular weight excluding hydrogens is 316 g/mol. The van der Waals surface area contributed by atoms with E-state index in [1.807, 2.05) is 56.1 Å². The fourth-order valence-electron chi connectivity index (χ4n) is 3.23. The van der Waals surface area contributed by atoms with Crippen molar-refractivity contribution < 1.29 is 9.53 Å². The van der Waals surface area contributed by atoms with Gasteiger partial charge in [0.1, 0.15) is 12.4 Å². The Morgan fingerprint density at radius 3 is 2.40 bits per heavy atom. The fourth-order valence-corrected chi connectivity index (χ4v) is 3.23. The van der Waals surface area contributed by atoms with Gasteiger partial charge in [0.25, 0.3) is 5.91 Å². The zero-order valence-electron chi connectivity index (χ0n) is 15.2. The molecule has 1 aliphatic heterocycles. The van der Waals surface area contributed by atoms with Crippen molar-refractivity contribution >= 4 is 5.91 Å². The zero-order chi connectivity index (χ0) is 17.8. The van der Waals surface area contributed by atoms with E-state index < -0.39 is 0 Å². The van der Waals surface area contributed by atoms with Crippen LogP contribution in [0.5, 0.6) is 5.75 Å². The summed E-state index contributed by atoms with van der Waals surface area (Å²) in [6, 6.07) is 9.86. The summed E-state index contributed by atoms with van der Waals surface area (Å²) in [6.45, 7) is 8.64. The Morgan fingerprint density at radius 1 is 1.12 bits per heavy atom. The Morgan fingerprint density at radius 2 is 1.80 bits per heavy atom. The first-order valence-electron chi connectivity index (χ1n) is 8.76. The van der Waals surface area contributed by atoms with E-state index in [1.54, 1.807) is 4.68 Å². The molecule has 2 aromatic rings. The van der Waals surface area contributed by atoms with Crippen LogP contribution in [0.4, 0.5) is 0 Å². The second kappa shape index (κ2) is 7.70. The van der Waals surface area contributed by atoms with E-state index in [0.717, 1.165) is 55.4 Å². The van der Waals surface area contributed by atoms with Crippen LogP contribution in [-0.4, -0.2) is 64.8 Å². The third kappa shape index (κ3) is 4.02. The Kier molecular flexibility index (Phi) is 5.38. The Labute approximate surface area is 149 Å². The van der Waals surface area contributed by atoms with Crippen LogP contribution < -0.4 is 4.74 Å². The summed E-state index contributed by atoms with van der Waals surface area (Å²) in [5, 5.41) is 4.35. The molecule has 6 heteroatoms. The molecule has 0 atom stereocenters. The highest BCUT2D eigenvalue weighted by Crippen LogP contribution is 2.16. The molecule has 2 heterocycles. The monoisotopic (exact) mass is 342 g/mol. The Bertz CT molecular complexity index is 719. The minimum atomic E-state index is 0.100. The average molecular weight is 342 g/mol. The number of rotatable bonds is 5. The number of carbonyl (C=O) groups is 1. The molecule has 1 aromatic carbocycles. The first-order valence-corrected chi connectivity index (χ1v) is 8.76. The highest BCUT2D eigenvalue weighted by Gasteiger charge is 2.26. The summed E-state index contributed by atoms with van der Waals surface area (Å²) in [4.78, 5) is 17.1. The second-order valence-corrected chi connectivity index (χ2v) is 6.46. The molecule has 1 fully saturated rings. The van der Waals surface area contributed by atoms with Gasteiger partial charge in [-0.3, -0.25) is 14.4 Å². The van der Waals surface area contributed by atoms with E-state index in [9.17, 15) is 4.79 Å². The van der Waals surface area contributed by atoms with Crippen LogP contribution in [0.15, 0.2) is 30.3 Å². The molecule has 0 radical (unpaired) electrons. The maximum atomic E-state index is 12.8. The standard InChI is InChI=1S/C19H26N4O2/c1-15-18(16(2)21(3)20-15)19(24)23-11-9-22(10-12-23)13-14-25-17-7-5-4-6-8-17/h4-8H,9-14H2,1-3H3. The van der Waals surface area contributed by atoms with E-state index in [2.05, 4.69) is 10.00 Å². The van der Waals surface area contributed by atoms with E-state index >= 15 is 0 Å². The lowest BCUT2D eigenvalue weighted by molar-refractivity contribution is 0.0619. The van der Waals surface area contributed by atoms with Crippen molar-refractivity contribution in [2.24, 2.45) is 7.05 Å².